The maximum Gasteiger partial charge on any atom is 0.270 e. The summed E-state index contributed by atoms with van der Waals surface area (Å²) in [5, 5.41) is 18.8. The van der Waals surface area contributed by atoms with Crippen molar-refractivity contribution in [1.29, 1.82) is 10.5 Å². The molecule has 7 heteroatoms. The molecular weight excluding hydrogens is 284 g/mol. The van der Waals surface area contributed by atoms with E-state index in [1.807, 2.05) is 6.07 Å². The van der Waals surface area contributed by atoms with Gasteiger partial charge < -0.3 is 10.5 Å². The number of benzene rings is 1. The number of nitriles is 2. The Morgan fingerprint density at radius 2 is 1.86 bits per heavy atom. The van der Waals surface area contributed by atoms with Gasteiger partial charge >= 0.3 is 0 Å². The lowest BCUT2D eigenvalue weighted by atomic mass is 9.97. The molecule has 1 fully saturated rings. The zero-order valence-corrected chi connectivity index (χ0v) is 11.5. The Balaban J connectivity index is 2.05. The van der Waals surface area contributed by atoms with E-state index in [9.17, 15) is 20.1 Å². The number of nitrogens with two attached hydrogens (primary N) is 1. The number of fused-ring (bicyclic) bond motifs is 1. The normalized spacial score (nSPS) is 31.5. The molecule has 0 spiro atoms. The molecule has 22 heavy (non-hydrogen) atoms. The number of rotatable bonds is 3. The smallest absolute Gasteiger partial charge is 0.270 e. The Kier molecular flexibility index (Phi) is 2.60. The molecule has 3 atom stereocenters. The van der Waals surface area contributed by atoms with Gasteiger partial charge in [0.2, 0.25) is 0 Å². The average molecular weight is 294 g/mol. The molecule has 1 aliphatic heterocycles. The summed E-state index contributed by atoms with van der Waals surface area (Å²) in [6.07, 6.45) is 0. The second-order valence-electron chi connectivity index (χ2n) is 5.17. The SMILES string of the molecule is COc1ccc(C(=O)[C@H]2[C@]3(C#N)C(=O)N=C(N)[C@]23C#N)cc1. The molecule has 1 heterocycles. The first-order valence-electron chi connectivity index (χ1n) is 6.39. The van der Waals surface area contributed by atoms with E-state index in [2.05, 4.69) is 4.99 Å². The molecule has 0 saturated heterocycles. The molecule has 108 valence electrons. The van der Waals surface area contributed by atoms with E-state index in [1.54, 1.807) is 18.2 Å². The van der Waals surface area contributed by atoms with Crippen LogP contribution in [-0.2, 0) is 4.79 Å². The third-order valence-electron chi connectivity index (χ3n) is 4.36. The van der Waals surface area contributed by atoms with E-state index < -0.39 is 28.4 Å². The van der Waals surface area contributed by atoms with Crippen LogP contribution in [0, 0.1) is 39.4 Å². The summed E-state index contributed by atoms with van der Waals surface area (Å²) in [6.45, 7) is 0. The molecular formula is C15H10N4O3. The number of Topliss-reactive ketones (excluding diaryl/α,β-unsaturated/α-hetero) is 1. The van der Waals surface area contributed by atoms with E-state index >= 15 is 0 Å². The lowest BCUT2D eigenvalue weighted by Gasteiger charge is -2.06. The van der Waals surface area contributed by atoms with Crippen molar-refractivity contribution < 1.29 is 14.3 Å². The van der Waals surface area contributed by atoms with Gasteiger partial charge in [-0.25, -0.2) is 0 Å². The van der Waals surface area contributed by atoms with Gasteiger partial charge in [0.1, 0.15) is 11.6 Å². The van der Waals surface area contributed by atoms with Crippen LogP contribution in [0.4, 0.5) is 0 Å². The largest absolute Gasteiger partial charge is 0.497 e. The molecule has 0 unspecified atom stereocenters. The lowest BCUT2D eigenvalue weighted by molar-refractivity contribution is -0.121. The zero-order chi connectivity index (χ0) is 16.1. The van der Waals surface area contributed by atoms with Crippen LogP contribution < -0.4 is 10.5 Å². The number of carbonyl (C=O) groups is 2. The van der Waals surface area contributed by atoms with Gasteiger partial charge in [0.15, 0.2) is 16.6 Å². The van der Waals surface area contributed by atoms with E-state index in [0.717, 1.165) is 0 Å². The summed E-state index contributed by atoms with van der Waals surface area (Å²) in [7, 11) is 1.49. The zero-order valence-electron chi connectivity index (χ0n) is 11.5. The maximum atomic E-state index is 12.6. The summed E-state index contributed by atoms with van der Waals surface area (Å²) in [4.78, 5) is 28.1. The third kappa shape index (κ3) is 1.26. The van der Waals surface area contributed by atoms with Crippen molar-refractivity contribution in [2.45, 2.75) is 0 Å². The monoisotopic (exact) mass is 294 g/mol. The quantitative estimate of drug-likeness (QED) is 0.804. The molecule has 1 aliphatic carbocycles. The van der Waals surface area contributed by atoms with Gasteiger partial charge in [-0.2, -0.15) is 15.5 Å². The fourth-order valence-electron chi connectivity index (χ4n) is 3.13. The fourth-order valence-corrected chi connectivity index (χ4v) is 3.13. The predicted molar refractivity (Wildman–Crippen MR) is 73.5 cm³/mol. The van der Waals surface area contributed by atoms with Crippen LogP contribution >= 0.6 is 0 Å². The second-order valence-corrected chi connectivity index (χ2v) is 5.17. The number of ketones is 1. The number of aliphatic imine (C=N–C) groups is 1. The molecule has 3 rings (SSSR count). The predicted octanol–water partition coefficient (Wildman–Crippen LogP) is 0.425. The molecule has 7 nitrogen and oxygen atoms in total. The number of nitrogens with zero attached hydrogens (tertiary/aromatic N) is 3. The highest BCUT2D eigenvalue weighted by molar-refractivity contribution is 6.23. The van der Waals surface area contributed by atoms with Crippen LogP contribution in [0.25, 0.3) is 0 Å². The third-order valence-corrected chi connectivity index (χ3v) is 4.36. The first-order chi connectivity index (χ1) is 10.5. The molecule has 1 amide bonds. The minimum atomic E-state index is -1.79. The number of hydrogen-bond acceptors (Lipinski definition) is 6. The second kappa shape index (κ2) is 4.15. The number of carbonyl (C=O) groups excluding carboxylic acids is 2. The van der Waals surface area contributed by atoms with Crippen molar-refractivity contribution in [3.05, 3.63) is 29.8 Å². The summed E-state index contributed by atoms with van der Waals surface area (Å²) < 4.78 is 5.01. The molecule has 0 radical (unpaired) electrons. The standard InChI is InChI=1S/C15H10N4O3/c1-22-9-4-2-8(3-5-9)10(20)11-14(6-16)12(18)19-13(21)15(11,14)7-17/h2-5,11H,1H3,(H2,18,19,21)/t11-,14+,15-/m1/s1. The van der Waals surface area contributed by atoms with Crippen LogP contribution in [0.2, 0.25) is 0 Å². The Morgan fingerprint density at radius 1 is 1.27 bits per heavy atom. The molecule has 1 aromatic carbocycles. The minimum absolute atomic E-state index is 0.256. The minimum Gasteiger partial charge on any atom is -0.497 e. The highest BCUT2D eigenvalue weighted by atomic mass is 16.5. The van der Waals surface area contributed by atoms with E-state index in [0.29, 0.717) is 5.75 Å². The molecule has 1 aromatic rings. The maximum absolute atomic E-state index is 12.6. The molecule has 1 saturated carbocycles. The van der Waals surface area contributed by atoms with Crippen molar-refractivity contribution in [2.24, 2.45) is 27.5 Å². The Labute approximate surface area is 125 Å². The summed E-state index contributed by atoms with van der Waals surface area (Å²) in [6, 6.07) is 9.87. The highest BCUT2D eigenvalue weighted by Gasteiger charge is 2.90. The average Bonchev–Trinajstić information content (AvgIpc) is 3.12. The number of amides is 1. The van der Waals surface area contributed by atoms with E-state index in [4.69, 9.17) is 10.5 Å². The van der Waals surface area contributed by atoms with Gasteiger partial charge in [-0.05, 0) is 24.3 Å². The van der Waals surface area contributed by atoms with Crippen LogP contribution in [0.15, 0.2) is 29.3 Å². The van der Waals surface area contributed by atoms with Crippen LogP contribution in [0.3, 0.4) is 0 Å². The van der Waals surface area contributed by atoms with Crippen molar-refractivity contribution >= 4 is 17.5 Å². The molecule has 2 N–H and O–H groups in total. The van der Waals surface area contributed by atoms with Crippen molar-refractivity contribution in [3.63, 3.8) is 0 Å². The Morgan fingerprint density at radius 3 is 2.32 bits per heavy atom. The van der Waals surface area contributed by atoms with E-state index in [-0.39, 0.29) is 11.4 Å². The molecule has 0 aromatic heterocycles. The summed E-state index contributed by atoms with van der Waals surface area (Å²) in [5.41, 5.74) is 2.50. The molecule has 0 bridgehead atoms. The van der Waals surface area contributed by atoms with Gasteiger partial charge in [-0.3, -0.25) is 9.59 Å². The van der Waals surface area contributed by atoms with Crippen LogP contribution in [0.1, 0.15) is 10.4 Å². The van der Waals surface area contributed by atoms with Crippen LogP contribution in [-0.4, -0.2) is 24.6 Å². The topological polar surface area (TPSA) is 129 Å². The lowest BCUT2D eigenvalue weighted by Crippen LogP contribution is -2.27. The van der Waals surface area contributed by atoms with Gasteiger partial charge in [-0.15, -0.1) is 0 Å². The van der Waals surface area contributed by atoms with Crippen molar-refractivity contribution in [3.8, 4) is 17.9 Å². The number of amidine groups is 1. The summed E-state index contributed by atoms with van der Waals surface area (Å²) in [5.74, 6) is -2.10. The van der Waals surface area contributed by atoms with E-state index in [1.165, 1.54) is 19.2 Å². The highest BCUT2D eigenvalue weighted by Crippen LogP contribution is 2.72. The van der Waals surface area contributed by atoms with Gasteiger partial charge in [0.25, 0.3) is 5.91 Å². The Hall–Kier alpha value is -3.19. The fraction of sp³-hybridized carbons (Fsp3) is 0.267. The Bertz CT molecular complexity index is 815. The summed E-state index contributed by atoms with van der Waals surface area (Å²) >= 11 is 0. The molecule has 2 aliphatic rings. The van der Waals surface area contributed by atoms with Gasteiger partial charge in [-0.1, -0.05) is 0 Å². The van der Waals surface area contributed by atoms with Crippen LogP contribution in [0.5, 0.6) is 5.75 Å². The van der Waals surface area contributed by atoms with Gasteiger partial charge in [0, 0.05) is 5.56 Å². The first-order valence-corrected chi connectivity index (χ1v) is 6.39. The number of methoxy groups -OCH3 is 1. The number of ether oxygens (including phenoxy) is 1. The van der Waals surface area contributed by atoms with Gasteiger partial charge in [0.05, 0.1) is 25.2 Å². The van der Waals surface area contributed by atoms with Crippen molar-refractivity contribution in [1.82, 2.24) is 0 Å². The first kappa shape index (κ1) is 13.8. The number of hydrogen-bond donors (Lipinski definition) is 1. The van der Waals surface area contributed by atoms with Crippen molar-refractivity contribution in [2.75, 3.05) is 7.11 Å².